The highest BCUT2D eigenvalue weighted by atomic mass is 16.7. The molecular weight excluding hydrogens is 368 g/mol. The number of aromatic nitrogens is 3. The number of anilines is 2. The largest absolute Gasteiger partial charge is 0.454 e. The van der Waals surface area contributed by atoms with Gasteiger partial charge in [0, 0.05) is 11.9 Å². The van der Waals surface area contributed by atoms with Gasteiger partial charge >= 0.3 is 0 Å². The van der Waals surface area contributed by atoms with Crippen molar-refractivity contribution in [3.8, 4) is 22.6 Å². The lowest BCUT2D eigenvalue weighted by atomic mass is 10.0. The third kappa shape index (κ3) is 3.06. The van der Waals surface area contributed by atoms with Crippen LogP contribution in [0.4, 0.5) is 11.6 Å². The molecule has 0 bridgehead atoms. The van der Waals surface area contributed by atoms with Gasteiger partial charge in [-0.15, -0.1) is 0 Å². The van der Waals surface area contributed by atoms with Crippen molar-refractivity contribution in [1.82, 2.24) is 15.0 Å². The van der Waals surface area contributed by atoms with Gasteiger partial charge in [0.1, 0.15) is 0 Å². The lowest BCUT2D eigenvalue weighted by Crippen LogP contribution is -2.13. The summed E-state index contributed by atoms with van der Waals surface area (Å²) in [5.74, 6) is 1.70. The van der Waals surface area contributed by atoms with Gasteiger partial charge in [-0.1, -0.05) is 23.8 Å². The number of aryl methyl sites for hydroxylation is 2. The summed E-state index contributed by atoms with van der Waals surface area (Å²) in [5.41, 5.74) is 4.80. The minimum absolute atomic E-state index is 0.200. The molecule has 0 radical (unpaired) electrons. The Balaban J connectivity index is 1.59. The first-order valence-corrected chi connectivity index (χ1v) is 9.22. The summed E-state index contributed by atoms with van der Waals surface area (Å²) in [7, 11) is 0. The average Bonchev–Trinajstić information content (AvgIpc) is 3.17. The van der Waals surface area contributed by atoms with Crippen LogP contribution >= 0.6 is 0 Å². The van der Waals surface area contributed by atoms with E-state index in [4.69, 9.17) is 9.47 Å². The van der Waals surface area contributed by atoms with Gasteiger partial charge in [0.05, 0.1) is 5.39 Å². The molecule has 7 nitrogen and oxygen atoms in total. The van der Waals surface area contributed by atoms with Crippen molar-refractivity contribution in [2.45, 2.75) is 13.8 Å². The molecular formula is C22H18N4O3. The molecule has 0 aliphatic carbocycles. The molecule has 7 heteroatoms. The first-order valence-electron chi connectivity index (χ1n) is 9.22. The molecule has 1 aliphatic heterocycles. The molecule has 144 valence electrons. The fourth-order valence-corrected chi connectivity index (χ4v) is 3.51. The molecule has 2 aromatic carbocycles. The highest BCUT2D eigenvalue weighted by Gasteiger charge is 2.17. The topological polar surface area (TPSA) is 89.1 Å². The highest BCUT2D eigenvalue weighted by Crippen LogP contribution is 2.37. The number of H-pyrrole nitrogens is 1. The summed E-state index contributed by atoms with van der Waals surface area (Å²) >= 11 is 0. The number of ether oxygens (including phenoxy) is 2. The number of pyridine rings is 1. The van der Waals surface area contributed by atoms with Crippen LogP contribution < -0.4 is 20.3 Å². The predicted molar refractivity (Wildman–Crippen MR) is 111 cm³/mol. The van der Waals surface area contributed by atoms with E-state index in [1.807, 2.05) is 44.2 Å². The van der Waals surface area contributed by atoms with Crippen molar-refractivity contribution < 1.29 is 9.47 Å². The Bertz CT molecular complexity index is 1310. The number of benzene rings is 2. The van der Waals surface area contributed by atoms with Crippen LogP contribution in [0.1, 0.15) is 11.1 Å². The normalized spacial score (nSPS) is 12.3. The molecule has 29 heavy (non-hydrogen) atoms. The molecule has 0 fully saturated rings. The lowest BCUT2D eigenvalue weighted by Gasteiger charge is -2.11. The van der Waals surface area contributed by atoms with E-state index >= 15 is 0 Å². The Hall–Kier alpha value is -3.87. The molecule has 1 aliphatic rings. The summed E-state index contributed by atoms with van der Waals surface area (Å²) in [4.78, 5) is 24.6. The maximum Gasteiger partial charge on any atom is 0.262 e. The van der Waals surface area contributed by atoms with E-state index in [1.165, 1.54) is 5.56 Å². The minimum Gasteiger partial charge on any atom is -0.454 e. The molecule has 3 heterocycles. The lowest BCUT2D eigenvalue weighted by molar-refractivity contribution is 0.174. The van der Waals surface area contributed by atoms with Crippen LogP contribution in [0.2, 0.25) is 0 Å². The smallest absolute Gasteiger partial charge is 0.262 e. The van der Waals surface area contributed by atoms with Crippen LogP contribution in [0.3, 0.4) is 0 Å². The van der Waals surface area contributed by atoms with E-state index in [0.29, 0.717) is 28.5 Å². The first kappa shape index (κ1) is 17.2. The first-order chi connectivity index (χ1) is 14.1. The molecule has 0 spiro atoms. The van der Waals surface area contributed by atoms with Crippen molar-refractivity contribution in [2.75, 3.05) is 12.1 Å². The van der Waals surface area contributed by atoms with E-state index < -0.39 is 0 Å². The van der Waals surface area contributed by atoms with Crippen LogP contribution in [-0.4, -0.2) is 21.7 Å². The number of nitrogens with zero attached hydrogens (tertiary/aromatic N) is 2. The van der Waals surface area contributed by atoms with Gasteiger partial charge in [-0.05, 0) is 54.8 Å². The zero-order valence-electron chi connectivity index (χ0n) is 15.9. The Morgan fingerprint density at radius 2 is 1.90 bits per heavy atom. The zero-order chi connectivity index (χ0) is 20.0. The molecule has 2 N–H and O–H groups in total. The molecule has 0 saturated carbocycles. The SMILES string of the molecule is Cc1ccc(Nc2nc3nccc(-c4ccc5c(c4)OCO5)c3c(=O)[nH]2)c(C)c1. The summed E-state index contributed by atoms with van der Waals surface area (Å²) in [6.07, 6.45) is 1.65. The monoisotopic (exact) mass is 386 g/mol. The summed E-state index contributed by atoms with van der Waals surface area (Å²) < 4.78 is 10.8. The zero-order valence-corrected chi connectivity index (χ0v) is 15.9. The summed E-state index contributed by atoms with van der Waals surface area (Å²) in [6.45, 7) is 4.24. The van der Waals surface area contributed by atoms with Crippen LogP contribution in [0, 0.1) is 13.8 Å². The second-order valence-corrected chi connectivity index (χ2v) is 6.98. The molecule has 4 aromatic rings. The maximum atomic E-state index is 12.9. The minimum atomic E-state index is -0.261. The van der Waals surface area contributed by atoms with Gasteiger partial charge in [0.2, 0.25) is 12.7 Å². The predicted octanol–water partition coefficient (Wildman–Crippen LogP) is 4.07. The van der Waals surface area contributed by atoms with Gasteiger partial charge in [-0.3, -0.25) is 9.78 Å². The average molecular weight is 386 g/mol. The fourth-order valence-electron chi connectivity index (χ4n) is 3.51. The van der Waals surface area contributed by atoms with E-state index in [-0.39, 0.29) is 12.4 Å². The van der Waals surface area contributed by atoms with Crippen molar-refractivity contribution >= 4 is 22.7 Å². The summed E-state index contributed by atoms with van der Waals surface area (Å²) in [6, 6.07) is 13.4. The van der Waals surface area contributed by atoms with Crippen molar-refractivity contribution in [2.24, 2.45) is 0 Å². The van der Waals surface area contributed by atoms with Gasteiger partial charge in [-0.25, -0.2) is 4.98 Å². The molecule has 0 saturated heterocycles. The third-order valence-corrected chi connectivity index (χ3v) is 4.93. The fraction of sp³-hybridized carbons (Fsp3) is 0.136. The van der Waals surface area contributed by atoms with Crippen molar-refractivity contribution in [3.63, 3.8) is 0 Å². The number of hydrogen-bond acceptors (Lipinski definition) is 6. The quantitative estimate of drug-likeness (QED) is 0.552. The Kier molecular flexibility index (Phi) is 3.94. The van der Waals surface area contributed by atoms with E-state index in [1.54, 1.807) is 12.3 Å². The molecule has 2 aromatic heterocycles. The Labute approximate surface area is 166 Å². The second kappa shape index (κ2) is 6.63. The van der Waals surface area contributed by atoms with Crippen LogP contribution in [-0.2, 0) is 0 Å². The second-order valence-electron chi connectivity index (χ2n) is 6.98. The van der Waals surface area contributed by atoms with Gasteiger partial charge in [0.25, 0.3) is 5.56 Å². The molecule has 0 unspecified atom stereocenters. The molecule has 5 rings (SSSR count). The standard InChI is InChI=1S/C22H18N4O3/c1-12-3-5-16(13(2)9-12)24-22-25-20-19(21(27)26-22)15(7-8-23-20)14-4-6-17-18(10-14)29-11-28-17/h3-10H,11H2,1-2H3,(H2,23,24,25,26,27). The number of rotatable bonds is 3. The van der Waals surface area contributed by atoms with E-state index in [2.05, 4.69) is 26.3 Å². The van der Waals surface area contributed by atoms with Crippen LogP contribution in [0.25, 0.3) is 22.2 Å². The van der Waals surface area contributed by atoms with Gasteiger partial charge in [-0.2, -0.15) is 4.98 Å². The van der Waals surface area contributed by atoms with Gasteiger partial charge in [0.15, 0.2) is 17.1 Å². The highest BCUT2D eigenvalue weighted by molar-refractivity contribution is 5.92. The number of hydrogen-bond donors (Lipinski definition) is 2. The Morgan fingerprint density at radius 1 is 1.03 bits per heavy atom. The van der Waals surface area contributed by atoms with Crippen molar-refractivity contribution in [3.05, 3.63) is 70.1 Å². The van der Waals surface area contributed by atoms with Crippen LogP contribution in [0.5, 0.6) is 11.5 Å². The van der Waals surface area contributed by atoms with Crippen LogP contribution in [0.15, 0.2) is 53.5 Å². The number of nitrogens with one attached hydrogen (secondary N) is 2. The Morgan fingerprint density at radius 3 is 2.76 bits per heavy atom. The maximum absolute atomic E-state index is 12.9. The van der Waals surface area contributed by atoms with E-state index in [0.717, 1.165) is 22.4 Å². The van der Waals surface area contributed by atoms with E-state index in [9.17, 15) is 4.79 Å². The van der Waals surface area contributed by atoms with Crippen molar-refractivity contribution in [1.29, 1.82) is 0 Å². The summed E-state index contributed by atoms with van der Waals surface area (Å²) in [5, 5.41) is 3.61. The third-order valence-electron chi connectivity index (χ3n) is 4.93. The number of fused-ring (bicyclic) bond motifs is 2. The van der Waals surface area contributed by atoms with Gasteiger partial charge < -0.3 is 14.8 Å². The molecule has 0 atom stereocenters. The molecule has 0 amide bonds. The number of aromatic amines is 1.